The van der Waals surface area contributed by atoms with Crippen LogP contribution in [0.4, 0.5) is 5.69 Å². The van der Waals surface area contributed by atoms with E-state index in [1.807, 2.05) is 31.2 Å². The smallest absolute Gasteiger partial charge is 0.274 e. The van der Waals surface area contributed by atoms with Gasteiger partial charge in [-0.15, -0.1) is 0 Å². The topological polar surface area (TPSA) is 84.3 Å². The lowest BCUT2D eigenvalue weighted by atomic mass is 10.1. The second-order valence-corrected chi connectivity index (χ2v) is 6.79. The van der Waals surface area contributed by atoms with Crippen LogP contribution in [0.3, 0.4) is 0 Å². The molecule has 142 valence electrons. The van der Waals surface area contributed by atoms with Crippen LogP contribution in [0.25, 0.3) is 17.2 Å². The molecule has 2 N–H and O–H groups in total. The molecule has 0 unspecified atom stereocenters. The molecule has 4 rings (SSSR count). The summed E-state index contributed by atoms with van der Waals surface area (Å²) in [5, 5.41) is 6.78. The number of hydrogen-bond donors (Lipinski definition) is 2. The van der Waals surface area contributed by atoms with Gasteiger partial charge in [0.05, 0.1) is 25.0 Å². The van der Waals surface area contributed by atoms with E-state index < -0.39 is 0 Å². The molecule has 2 heterocycles. The molecule has 2 aromatic carbocycles. The first-order valence-corrected chi connectivity index (χ1v) is 9.04. The second-order valence-electron chi connectivity index (χ2n) is 6.36. The first-order valence-electron chi connectivity index (χ1n) is 8.66. The third-order valence-corrected chi connectivity index (χ3v) is 4.57. The zero-order valence-electron chi connectivity index (χ0n) is 15.4. The largest absolute Gasteiger partial charge is 0.495 e. The second kappa shape index (κ2) is 7.36. The summed E-state index contributed by atoms with van der Waals surface area (Å²) in [5.74, 6) is 1.56. The first kappa shape index (κ1) is 18.1. The highest BCUT2D eigenvalue weighted by molar-refractivity contribution is 6.30. The Morgan fingerprint density at radius 1 is 1.14 bits per heavy atom. The molecular formula is C20H18ClN5O2. The molecule has 0 spiro atoms. The van der Waals surface area contributed by atoms with Crippen molar-refractivity contribution in [3.05, 3.63) is 75.2 Å². The number of nitrogens with one attached hydrogen (secondary N) is 2. The van der Waals surface area contributed by atoms with Gasteiger partial charge in [0.1, 0.15) is 5.75 Å². The molecule has 8 heteroatoms. The van der Waals surface area contributed by atoms with Crippen molar-refractivity contribution in [1.29, 1.82) is 0 Å². The zero-order valence-corrected chi connectivity index (χ0v) is 16.1. The number of halogens is 1. The van der Waals surface area contributed by atoms with E-state index in [1.165, 1.54) is 10.6 Å². The molecule has 0 fully saturated rings. The number of fused-ring (bicyclic) bond motifs is 1. The van der Waals surface area contributed by atoms with Crippen LogP contribution in [0.2, 0.25) is 5.02 Å². The Morgan fingerprint density at radius 3 is 2.68 bits per heavy atom. The van der Waals surface area contributed by atoms with Crippen LogP contribution in [0.5, 0.6) is 5.75 Å². The van der Waals surface area contributed by atoms with Gasteiger partial charge in [-0.3, -0.25) is 9.89 Å². The number of aryl methyl sites for hydroxylation is 1. The Bertz CT molecular complexity index is 1200. The van der Waals surface area contributed by atoms with Crippen LogP contribution in [-0.2, 0) is 6.54 Å². The van der Waals surface area contributed by atoms with Gasteiger partial charge in [0.2, 0.25) is 0 Å². The Kier molecular flexibility index (Phi) is 4.75. The van der Waals surface area contributed by atoms with Crippen molar-refractivity contribution >= 4 is 23.1 Å². The maximum Gasteiger partial charge on any atom is 0.274 e. The van der Waals surface area contributed by atoms with Crippen LogP contribution in [0, 0.1) is 6.92 Å². The SMILES string of the molecule is COc1ccc(Cl)cc1NCc1cc(=O)n2[nH]c(-c3ccc(C)cc3)nc2n1. The molecule has 0 atom stereocenters. The third kappa shape index (κ3) is 3.57. The number of ether oxygens (including phenoxy) is 1. The van der Waals surface area contributed by atoms with E-state index in [0.29, 0.717) is 34.6 Å². The van der Waals surface area contributed by atoms with Crippen molar-refractivity contribution in [3.63, 3.8) is 0 Å². The van der Waals surface area contributed by atoms with Gasteiger partial charge in [-0.05, 0) is 25.1 Å². The number of H-pyrrole nitrogens is 1. The predicted molar refractivity (Wildman–Crippen MR) is 109 cm³/mol. The van der Waals surface area contributed by atoms with Crippen molar-refractivity contribution in [2.45, 2.75) is 13.5 Å². The molecular weight excluding hydrogens is 378 g/mol. The maximum atomic E-state index is 12.5. The van der Waals surface area contributed by atoms with Crippen molar-refractivity contribution in [3.8, 4) is 17.1 Å². The monoisotopic (exact) mass is 395 g/mol. The zero-order chi connectivity index (χ0) is 19.7. The first-order chi connectivity index (χ1) is 13.5. The molecule has 7 nitrogen and oxygen atoms in total. The van der Waals surface area contributed by atoms with Gasteiger partial charge in [0, 0.05) is 16.7 Å². The van der Waals surface area contributed by atoms with E-state index >= 15 is 0 Å². The number of rotatable bonds is 5. The molecule has 0 saturated carbocycles. The van der Waals surface area contributed by atoms with E-state index in [2.05, 4.69) is 20.4 Å². The lowest BCUT2D eigenvalue weighted by Gasteiger charge is -2.11. The Morgan fingerprint density at radius 2 is 1.93 bits per heavy atom. The standard InChI is InChI=1S/C20H18ClN5O2/c1-12-3-5-13(6-4-12)19-24-20-23-15(10-18(27)26(20)25-19)11-22-16-9-14(21)7-8-17(16)28-2/h3-10,22H,11H2,1-2H3,(H,23,24,25). The van der Waals surface area contributed by atoms with Crippen LogP contribution in [0.15, 0.2) is 53.3 Å². The van der Waals surface area contributed by atoms with Gasteiger partial charge >= 0.3 is 0 Å². The van der Waals surface area contributed by atoms with Crippen LogP contribution >= 0.6 is 11.6 Å². The van der Waals surface area contributed by atoms with E-state index in [4.69, 9.17) is 16.3 Å². The number of methoxy groups -OCH3 is 1. The minimum atomic E-state index is -0.231. The van der Waals surface area contributed by atoms with Crippen molar-refractivity contribution in [1.82, 2.24) is 19.6 Å². The van der Waals surface area contributed by atoms with E-state index in [9.17, 15) is 4.79 Å². The fourth-order valence-electron chi connectivity index (χ4n) is 2.86. The molecule has 0 aliphatic carbocycles. The molecule has 28 heavy (non-hydrogen) atoms. The van der Waals surface area contributed by atoms with Crippen molar-refractivity contribution in [2.24, 2.45) is 0 Å². The fourth-order valence-corrected chi connectivity index (χ4v) is 3.03. The average Bonchev–Trinajstić information content (AvgIpc) is 3.12. The maximum absolute atomic E-state index is 12.5. The summed E-state index contributed by atoms with van der Waals surface area (Å²) in [6.45, 7) is 2.35. The highest BCUT2D eigenvalue weighted by Gasteiger charge is 2.10. The van der Waals surface area contributed by atoms with E-state index in [1.54, 1.807) is 25.3 Å². The van der Waals surface area contributed by atoms with Gasteiger partial charge in [0.15, 0.2) is 5.82 Å². The number of hydrogen-bond acceptors (Lipinski definition) is 5. The number of aromatic nitrogens is 4. The summed E-state index contributed by atoms with van der Waals surface area (Å²) in [6.07, 6.45) is 0. The average molecular weight is 396 g/mol. The van der Waals surface area contributed by atoms with Crippen LogP contribution < -0.4 is 15.6 Å². The number of nitrogens with zero attached hydrogens (tertiary/aromatic N) is 3. The summed E-state index contributed by atoms with van der Waals surface area (Å²) in [4.78, 5) is 21.4. The molecule has 4 aromatic rings. The lowest BCUT2D eigenvalue weighted by molar-refractivity contribution is 0.416. The summed E-state index contributed by atoms with van der Waals surface area (Å²) in [7, 11) is 1.58. The minimum Gasteiger partial charge on any atom is -0.495 e. The number of anilines is 1. The van der Waals surface area contributed by atoms with Gasteiger partial charge < -0.3 is 10.1 Å². The van der Waals surface area contributed by atoms with Crippen molar-refractivity contribution < 1.29 is 4.74 Å². The lowest BCUT2D eigenvalue weighted by Crippen LogP contribution is -2.17. The molecule has 2 aromatic heterocycles. The van der Waals surface area contributed by atoms with E-state index in [-0.39, 0.29) is 5.56 Å². The van der Waals surface area contributed by atoms with Gasteiger partial charge in [-0.1, -0.05) is 41.4 Å². The van der Waals surface area contributed by atoms with Crippen molar-refractivity contribution in [2.75, 3.05) is 12.4 Å². The van der Waals surface area contributed by atoms with Crippen LogP contribution in [0.1, 0.15) is 11.3 Å². The molecule has 0 aliphatic heterocycles. The van der Waals surface area contributed by atoms with Crippen LogP contribution in [-0.4, -0.2) is 26.7 Å². The molecule has 0 aliphatic rings. The molecule has 0 saturated heterocycles. The number of benzene rings is 2. The number of aromatic amines is 1. The highest BCUT2D eigenvalue weighted by atomic mass is 35.5. The third-order valence-electron chi connectivity index (χ3n) is 4.33. The summed E-state index contributed by atoms with van der Waals surface area (Å²) in [5.41, 5.74) is 3.10. The molecule has 0 radical (unpaired) electrons. The highest BCUT2D eigenvalue weighted by Crippen LogP contribution is 2.28. The summed E-state index contributed by atoms with van der Waals surface area (Å²) in [6, 6.07) is 14.6. The summed E-state index contributed by atoms with van der Waals surface area (Å²) >= 11 is 6.05. The van der Waals surface area contributed by atoms with Gasteiger partial charge in [0.25, 0.3) is 11.3 Å². The Hall–Kier alpha value is -3.32. The van der Waals surface area contributed by atoms with Gasteiger partial charge in [-0.25, -0.2) is 4.98 Å². The Labute approximate surface area is 166 Å². The predicted octanol–water partition coefficient (Wildman–Crippen LogP) is 3.67. The summed E-state index contributed by atoms with van der Waals surface area (Å²) < 4.78 is 6.65. The Balaban J connectivity index is 1.63. The quantitative estimate of drug-likeness (QED) is 0.538. The normalized spacial score (nSPS) is 11.0. The molecule has 0 amide bonds. The minimum absolute atomic E-state index is 0.231. The molecule has 0 bridgehead atoms. The fraction of sp³-hybridized carbons (Fsp3) is 0.150. The van der Waals surface area contributed by atoms with Gasteiger partial charge in [-0.2, -0.15) is 9.50 Å². The van der Waals surface area contributed by atoms with E-state index in [0.717, 1.165) is 16.8 Å².